The van der Waals surface area contributed by atoms with Crippen molar-refractivity contribution < 1.29 is 9.53 Å². The molecule has 0 aromatic heterocycles. The topological polar surface area (TPSA) is 26.3 Å². The fourth-order valence-electron chi connectivity index (χ4n) is 1.06. The number of hydrogen-bond donors (Lipinski definition) is 0. The molecule has 0 aromatic carbocycles. The van der Waals surface area contributed by atoms with E-state index in [2.05, 4.69) is 0 Å². The molecule has 2 unspecified atom stereocenters. The minimum Gasteiger partial charge on any atom is -0.373 e. The van der Waals surface area contributed by atoms with Gasteiger partial charge in [0.25, 0.3) is 0 Å². The Labute approximate surface area is 48.8 Å². The van der Waals surface area contributed by atoms with Gasteiger partial charge in [-0.15, -0.1) is 0 Å². The average molecular weight is 114 g/mol. The molecule has 0 heterocycles. The van der Waals surface area contributed by atoms with E-state index in [1.165, 1.54) is 0 Å². The highest BCUT2D eigenvalue weighted by Crippen LogP contribution is 2.24. The zero-order valence-corrected chi connectivity index (χ0v) is 5.18. The van der Waals surface area contributed by atoms with Gasteiger partial charge in [-0.05, 0) is 5.92 Å². The van der Waals surface area contributed by atoms with Crippen LogP contribution in [-0.2, 0) is 9.53 Å². The Kier molecular flexibility index (Phi) is 1.34. The Balaban J connectivity index is 2.40. The van der Waals surface area contributed by atoms with Gasteiger partial charge in [0, 0.05) is 13.5 Å². The van der Waals surface area contributed by atoms with Gasteiger partial charge in [0.2, 0.25) is 0 Å². The SMILES string of the molecule is COC1C(=O)CC1C. The summed E-state index contributed by atoms with van der Waals surface area (Å²) < 4.78 is 4.86. The van der Waals surface area contributed by atoms with Crippen LogP contribution in [0, 0.1) is 5.92 Å². The molecule has 0 aliphatic heterocycles. The van der Waals surface area contributed by atoms with Crippen LogP contribution in [0.25, 0.3) is 0 Å². The summed E-state index contributed by atoms with van der Waals surface area (Å²) in [5.74, 6) is 0.701. The summed E-state index contributed by atoms with van der Waals surface area (Å²) in [7, 11) is 1.58. The summed E-state index contributed by atoms with van der Waals surface area (Å²) in [6.45, 7) is 2.02. The number of carbonyl (C=O) groups is 1. The maximum absolute atomic E-state index is 10.5. The van der Waals surface area contributed by atoms with Gasteiger partial charge in [-0.25, -0.2) is 0 Å². The molecule has 0 N–H and O–H groups in total. The average Bonchev–Trinajstić information content (AvgIpc) is 1.67. The quantitative estimate of drug-likeness (QED) is 0.499. The highest BCUT2D eigenvalue weighted by molar-refractivity contribution is 5.89. The van der Waals surface area contributed by atoms with Crippen molar-refractivity contribution in [2.24, 2.45) is 5.92 Å². The molecule has 2 nitrogen and oxygen atoms in total. The molecule has 0 spiro atoms. The van der Waals surface area contributed by atoms with Crippen LogP contribution in [0.3, 0.4) is 0 Å². The summed E-state index contributed by atoms with van der Waals surface area (Å²) in [5.41, 5.74) is 0. The van der Waals surface area contributed by atoms with Crippen molar-refractivity contribution >= 4 is 5.78 Å². The van der Waals surface area contributed by atoms with Crippen LogP contribution >= 0.6 is 0 Å². The van der Waals surface area contributed by atoms with Gasteiger partial charge in [-0.2, -0.15) is 0 Å². The number of methoxy groups -OCH3 is 1. The lowest BCUT2D eigenvalue weighted by Gasteiger charge is -2.30. The molecule has 0 saturated heterocycles. The Hall–Kier alpha value is -0.370. The first-order valence-corrected chi connectivity index (χ1v) is 2.81. The van der Waals surface area contributed by atoms with E-state index >= 15 is 0 Å². The molecule has 0 aromatic rings. The number of ether oxygens (including phenoxy) is 1. The normalized spacial score (nSPS) is 37.0. The van der Waals surface area contributed by atoms with Gasteiger partial charge in [0.1, 0.15) is 6.10 Å². The van der Waals surface area contributed by atoms with Crippen LogP contribution in [0.15, 0.2) is 0 Å². The van der Waals surface area contributed by atoms with E-state index in [1.54, 1.807) is 7.11 Å². The Morgan fingerprint density at radius 3 is 2.50 bits per heavy atom. The molecule has 1 saturated carbocycles. The van der Waals surface area contributed by atoms with Crippen molar-refractivity contribution in [3.63, 3.8) is 0 Å². The Bertz CT molecular complexity index is 109. The van der Waals surface area contributed by atoms with E-state index in [1.807, 2.05) is 6.92 Å². The van der Waals surface area contributed by atoms with E-state index in [9.17, 15) is 4.79 Å². The summed E-state index contributed by atoms with van der Waals surface area (Å²) >= 11 is 0. The predicted molar refractivity (Wildman–Crippen MR) is 29.6 cm³/mol. The molecule has 0 amide bonds. The van der Waals surface area contributed by atoms with E-state index < -0.39 is 0 Å². The first-order valence-electron chi connectivity index (χ1n) is 2.81. The number of Topliss-reactive ketones (excluding diaryl/α,β-unsaturated/α-hetero) is 1. The third kappa shape index (κ3) is 0.650. The maximum atomic E-state index is 10.5. The molecule has 1 aliphatic rings. The fraction of sp³-hybridized carbons (Fsp3) is 0.833. The van der Waals surface area contributed by atoms with Gasteiger partial charge in [0.15, 0.2) is 5.78 Å². The number of carbonyl (C=O) groups excluding carboxylic acids is 1. The van der Waals surface area contributed by atoms with Crippen LogP contribution in [-0.4, -0.2) is 19.0 Å². The van der Waals surface area contributed by atoms with Crippen molar-refractivity contribution in [1.29, 1.82) is 0 Å². The molecule has 0 radical (unpaired) electrons. The van der Waals surface area contributed by atoms with Gasteiger partial charge in [-0.3, -0.25) is 4.79 Å². The highest BCUT2D eigenvalue weighted by atomic mass is 16.5. The van der Waals surface area contributed by atoms with E-state index in [0.717, 1.165) is 0 Å². The second-order valence-electron chi connectivity index (χ2n) is 2.30. The fourth-order valence-corrected chi connectivity index (χ4v) is 1.06. The second-order valence-corrected chi connectivity index (χ2v) is 2.30. The number of ketones is 1. The van der Waals surface area contributed by atoms with Gasteiger partial charge in [-0.1, -0.05) is 6.92 Å². The Morgan fingerprint density at radius 2 is 2.38 bits per heavy atom. The van der Waals surface area contributed by atoms with Crippen molar-refractivity contribution in [3.05, 3.63) is 0 Å². The molecular weight excluding hydrogens is 104 g/mol. The monoisotopic (exact) mass is 114 g/mol. The molecule has 2 atom stereocenters. The van der Waals surface area contributed by atoms with E-state index in [4.69, 9.17) is 4.74 Å². The number of rotatable bonds is 1. The van der Waals surface area contributed by atoms with Crippen molar-refractivity contribution in [2.75, 3.05) is 7.11 Å². The molecule has 2 heteroatoms. The molecule has 1 fully saturated rings. The highest BCUT2D eigenvalue weighted by Gasteiger charge is 2.35. The van der Waals surface area contributed by atoms with Crippen LogP contribution in [0.5, 0.6) is 0 Å². The lowest BCUT2D eigenvalue weighted by molar-refractivity contribution is -0.144. The predicted octanol–water partition coefficient (Wildman–Crippen LogP) is 0.610. The lowest BCUT2D eigenvalue weighted by atomic mass is 9.82. The third-order valence-electron chi connectivity index (χ3n) is 1.61. The van der Waals surface area contributed by atoms with Crippen LogP contribution < -0.4 is 0 Å². The van der Waals surface area contributed by atoms with Crippen molar-refractivity contribution in [3.8, 4) is 0 Å². The smallest absolute Gasteiger partial charge is 0.162 e. The number of hydrogen-bond acceptors (Lipinski definition) is 2. The molecule has 1 aliphatic carbocycles. The van der Waals surface area contributed by atoms with Crippen LogP contribution in [0.4, 0.5) is 0 Å². The van der Waals surface area contributed by atoms with Gasteiger partial charge in [0.05, 0.1) is 0 Å². The van der Waals surface area contributed by atoms with Crippen LogP contribution in [0.2, 0.25) is 0 Å². The summed E-state index contributed by atoms with van der Waals surface area (Å²) in [6, 6.07) is 0. The first-order chi connectivity index (χ1) is 3.75. The Morgan fingerprint density at radius 1 is 1.75 bits per heavy atom. The standard InChI is InChI=1S/C6H10O2/c1-4-3-5(7)6(4)8-2/h4,6H,3H2,1-2H3. The van der Waals surface area contributed by atoms with Crippen LogP contribution in [0.1, 0.15) is 13.3 Å². The minimum absolute atomic E-state index is 0.0880. The summed E-state index contributed by atoms with van der Waals surface area (Å²) in [6.07, 6.45) is 0.619. The summed E-state index contributed by atoms with van der Waals surface area (Å²) in [4.78, 5) is 10.5. The molecule has 1 rings (SSSR count). The van der Waals surface area contributed by atoms with E-state index in [0.29, 0.717) is 12.3 Å². The molecular formula is C6H10O2. The molecule has 0 bridgehead atoms. The largest absolute Gasteiger partial charge is 0.373 e. The minimum atomic E-state index is -0.0880. The zero-order chi connectivity index (χ0) is 6.15. The molecule has 8 heavy (non-hydrogen) atoms. The first kappa shape index (κ1) is 5.76. The lowest BCUT2D eigenvalue weighted by Crippen LogP contribution is -2.41. The van der Waals surface area contributed by atoms with E-state index in [-0.39, 0.29) is 11.9 Å². The maximum Gasteiger partial charge on any atom is 0.162 e. The van der Waals surface area contributed by atoms with Gasteiger partial charge >= 0.3 is 0 Å². The summed E-state index contributed by atoms with van der Waals surface area (Å²) in [5, 5.41) is 0. The van der Waals surface area contributed by atoms with Crippen molar-refractivity contribution in [2.45, 2.75) is 19.4 Å². The zero-order valence-electron chi connectivity index (χ0n) is 5.18. The van der Waals surface area contributed by atoms with Gasteiger partial charge < -0.3 is 4.74 Å². The third-order valence-corrected chi connectivity index (χ3v) is 1.61. The molecule has 46 valence electrons. The van der Waals surface area contributed by atoms with Crippen molar-refractivity contribution in [1.82, 2.24) is 0 Å². The second kappa shape index (κ2) is 1.86.